The quantitative estimate of drug-likeness (QED) is 0.686. The third-order valence-electron chi connectivity index (χ3n) is 4.97. The van der Waals surface area contributed by atoms with Crippen molar-refractivity contribution < 1.29 is 14.3 Å². The molecule has 4 nitrogen and oxygen atoms in total. The molecule has 3 rings (SSSR count). The van der Waals surface area contributed by atoms with Crippen LogP contribution in [0.2, 0.25) is 5.02 Å². The number of benzene rings is 1. The number of halogens is 1. The summed E-state index contributed by atoms with van der Waals surface area (Å²) in [5.41, 5.74) is 0.964. The second-order valence-electron chi connectivity index (χ2n) is 7.32. The lowest BCUT2D eigenvalue weighted by Crippen LogP contribution is -2.47. The molecular formula is C20H26ClNO3S. The van der Waals surface area contributed by atoms with Crippen molar-refractivity contribution in [2.24, 2.45) is 5.92 Å². The van der Waals surface area contributed by atoms with E-state index >= 15 is 0 Å². The van der Waals surface area contributed by atoms with Gasteiger partial charge in [0.15, 0.2) is 0 Å². The summed E-state index contributed by atoms with van der Waals surface area (Å²) in [5, 5.41) is 0.453. The lowest BCUT2D eigenvalue weighted by atomic mass is 9.88. The Balaban J connectivity index is 1.88. The molecule has 1 aliphatic heterocycles. The van der Waals surface area contributed by atoms with Crippen molar-refractivity contribution >= 4 is 35.2 Å². The van der Waals surface area contributed by atoms with Gasteiger partial charge in [0.05, 0.1) is 6.10 Å². The first-order chi connectivity index (χ1) is 12.5. The predicted molar refractivity (Wildman–Crippen MR) is 105 cm³/mol. The van der Waals surface area contributed by atoms with Gasteiger partial charge in [0.25, 0.3) is 0 Å². The minimum absolute atomic E-state index is 0.0125. The third-order valence-corrected chi connectivity index (χ3v) is 6.53. The van der Waals surface area contributed by atoms with Crippen molar-refractivity contribution in [3.8, 4) is 0 Å². The maximum Gasteiger partial charge on any atom is 0.330 e. The van der Waals surface area contributed by atoms with Crippen LogP contribution in [0.25, 0.3) is 0 Å². The fourth-order valence-corrected chi connectivity index (χ4v) is 5.36. The zero-order valence-electron chi connectivity index (χ0n) is 15.3. The lowest BCUT2D eigenvalue weighted by molar-refractivity contribution is -0.158. The molecule has 1 aliphatic carbocycles. The molecule has 2 atom stereocenters. The Morgan fingerprint density at radius 1 is 1.23 bits per heavy atom. The predicted octanol–water partition coefficient (Wildman–Crippen LogP) is 4.81. The topological polar surface area (TPSA) is 46.6 Å². The number of carbonyl (C=O) groups excluding carboxylic acids is 2. The van der Waals surface area contributed by atoms with E-state index in [2.05, 4.69) is 0 Å². The molecule has 1 aromatic carbocycles. The second kappa shape index (κ2) is 8.66. The highest BCUT2D eigenvalue weighted by atomic mass is 35.5. The molecule has 0 aromatic heterocycles. The summed E-state index contributed by atoms with van der Waals surface area (Å²) in [6, 6.07) is 7.04. The van der Waals surface area contributed by atoms with E-state index in [1.807, 2.05) is 38.1 Å². The van der Waals surface area contributed by atoms with E-state index in [4.69, 9.17) is 16.3 Å². The number of thioether (sulfide) groups is 1. The number of hydrogen-bond donors (Lipinski definition) is 0. The number of carbonyl (C=O) groups is 2. The van der Waals surface area contributed by atoms with Gasteiger partial charge >= 0.3 is 5.97 Å². The summed E-state index contributed by atoms with van der Waals surface area (Å²) < 4.78 is 5.44. The van der Waals surface area contributed by atoms with Gasteiger partial charge in [0.2, 0.25) is 5.91 Å². The van der Waals surface area contributed by atoms with Crippen LogP contribution in [-0.2, 0) is 14.3 Å². The van der Waals surface area contributed by atoms with Crippen LogP contribution in [0.5, 0.6) is 0 Å². The van der Waals surface area contributed by atoms with Crippen molar-refractivity contribution in [1.82, 2.24) is 4.90 Å². The highest BCUT2D eigenvalue weighted by molar-refractivity contribution is 7.99. The van der Waals surface area contributed by atoms with Gasteiger partial charge in [0.1, 0.15) is 11.4 Å². The van der Waals surface area contributed by atoms with Crippen molar-refractivity contribution in [3.05, 3.63) is 34.9 Å². The van der Waals surface area contributed by atoms with Crippen LogP contribution >= 0.6 is 23.4 Å². The van der Waals surface area contributed by atoms with Crippen molar-refractivity contribution in [2.45, 2.75) is 63.5 Å². The molecule has 0 bridgehead atoms. The molecule has 6 heteroatoms. The molecule has 1 heterocycles. The van der Waals surface area contributed by atoms with Gasteiger partial charge in [-0.1, -0.05) is 43.0 Å². The molecule has 2 aliphatic rings. The van der Waals surface area contributed by atoms with E-state index in [1.54, 1.807) is 16.7 Å². The Morgan fingerprint density at radius 2 is 1.96 bits per heavy atom. The monoisotopic (exact) mass is 395 g/mol. The molecule has 1 saturated carbocycles. The van der Waals surface area contributed by atoms with E-state index in [0.717, 1.165) is 31.2 Å². The van der Waals surface area contributed by atoms with E-state index < -0.39 is 6.04 Å². The summed E-state index contributed by atoms with van der Waals surface area (Å²) in [6.45, 7) is 3.67. The largest absolute Gasteiger partial charge is 0.461 e. The van der Waals surface area contributed by atoms with Gasteiger partial charge in [-0.15, -0.1) is 11.8 Å². The van der Waals surface area contributed by atoms with E-state index in [0.29, 0.717) is 10.8 Å². The first kappa shape index (κ1) is 19.6. The maximum atomic E-state index is 13.3. The SMILES string of the molecule is CC(C)OC(=O)C1CSC(c2cccc(Cl)c2)N1C(=O)C1CCCCC1. The number of esters is 1. The summed E-state index contributed by atoms with van der Waals surface area (Å²) in [5.74, 6) is 0.353. The fourth-order valence-electron chi connectivity index (χ4n) is 3.75. The minimum atomic E-state index is -0.527. The number of rotatable bonds is 4. The van der Waals surface area contributed by atoms with Crippen LogP contribution in [0.4, 0.5) is 0 Å². The molecule has 0 radical (unpaired) electrons. The first-order valence-electron chi connectivity index (χ1n) is 9.37. The van der Waals surface area contributed by atoms with Gasteiger partial charge in [-0.2, -0.15) is 0 Å². The van der Waals surface area contributed by atoms with Crippen molar-refractivity contribution in [3.63, 3.8) is 0 Å². The summed E-state index contributed by atoms with van der Waals surface area (Å²) in [6.07, 6.45) is 4.99. The summed E-state index contributed by atoms with van der Waals surface area (Å²) in [7, 11) is 0. The first-order valence-corrected chi connectivity index (χ1v) is 10.8. The Hall–Kier alpha value is -1.20. The molecule has 2 unspecified atom stereocenters. The number of hydrogen-bond acceptors (Lipinski definition) is 4. The molecule has 1 amide bonds. The number of ether oxygens (including phenoxy) is 1. The average molecular weight is 396 g/mol. The van der Waals surface area contributed by atoms with Crippen LogP contribution in [0, 0.1) is 5.92 Å². The summed E-state index contributed by atoms with van der Waals surface area (Å²) in [4.78, 5) is 27.8. The Kier molecular flexibility index (Phi) is 6.51. The zero-order valence-corrected chi connectivity index (χ0v) is 16.9. The third kappa shape index (κ3) is 4.37. The molecule has 1 saturated heterocycles. The van der Waals surface area contributed by atoms with E-state index in [-0.39, 0.29) is 29.3 Å². The number of amides is 1. The smallest absolute Gasteiger partial charge is 0.330 e. The van der Waals surface area contributed by atoms with Crippen LogP contribution < -0.4 is 0 Å². The Morgan fingerprint density at radius 3 is 2.62 bits per heavy atom. The van der Waals surface area contributed by atoms with Gasteiger partial charge in [-0.3, -0.25) is 4.79 Å². The lowest BCUT2D eigenvalue weighted by Gasteiger charge is -2.33. The van der Waals surface area contributed by atoms with E-state index in [1.165, 1.54) is 6.42 Å². The number of nitrogens with zero attached hydrogens (tertiary/aromatic N) is 1. The van der Waals surface area contributed by atoms with Crippen LogP contribution in [0.1, 0.15) is 56.9 Å². The fraction of sp³-hybridized carbons (Fsp3) is 0.600. The molecular weight excluding hydrogens is 370 g/mol. The van der Waals surface area contributed by atoms with Crippen LogP contribution in [0.15, 0.2) is 24.3 Å². The normalized spacial score (nSPS) is 24.1. The zero-order chi connectivity index (χ0) is 18.7. The van der Waals surface area contributed by atoms with Crippen LogP contribution in [-0.4, -0.2) is 34.7 Å². The molecule has 2 fully saturated rings. The van der Waals surface area contributed by atoms with E-state index in [9.17, 15) is 9.59 Å². The Labute approximate surface area is 164 Å². The van der Waals surface area contributed by atoms with Gasteiger partial charge in [-0.25, -0.2) is 4.79 Å². The second-order valence-corrected chi connectivity index (χ2v) is 8.87. The maximum absolute atomic E-state index is 13.3. The van der Waals surface area contributed by atoms with Crippen LogP contribution in [0.3, 0.4) is 0 Å². The molecule has 142 valence electrons. The standard InChI is InChI=1S/C20H26ClNO3S/c1-13(2)25-20(24)17-12-26-19(15-9-6-10-16(21)11-15)22(17)18(23)14-7-4-3-5-8-14/h6,9-11,13-14,17,19H,3-5,7-8,12H2,1-2H3. The molecule has 0 spiro atoms. The average Bonchev–Trinajstić information content (AvgIpc) is 3.06. The highest BCUT2D eigenvalue weighted by Gasteiger charge is 2.45. The van der Waals surface area contributed by atoms with Crippen molar-refractivity contribution in [1.29, 1.82) is 0 Å². The van der Waals surface area contributed by atoms with Gasteiger partial charge in [-0.05, 0) is 44.4 Å². The molecule has 1 aromatic rings. The highest BCUT2D eigenvalue weighted by Crippen LogP contribution is 2.44. The summed E-state index contributed by atoms with van der Waals surface area (Å²) >= 11 is 7.78. The molecule has 26 heavy (non-hydrogen) atoms. The van der Waals surface area contributed by atoms with Gasteiger partial charge in [0, 0.05) is 16.7 Å². The van der Waals surface area contributed by atoms with Crippen molar-refractivity contribution in [2.75, 3.05) is 5.75 Å². The minimum Gasteiger partial charge on any atom is -0.461 e. The molecule has 0 N–H and O–H groups in total. The Bertz CT molecular complexity index is 660. The van der Waals surface area contributed by atoms with Gasteiger partial charge < -0.3 is 9.64 Å².